The van der Waals surface area contributed by atoms with Gasteiger partial charge in [-0.1, -0.05) is 23.2 Å². The lowest BCUT2D eigenvalue weighted by molar-refractivity contribution is 0.768. The number of aryl methyl sites for hydroxylation is 1. The van der Waals surface area contributed by atoms with Crippen LogP contribution in [0.25, 0.3) is 0 Å². The Balaban J connectivity index is 2.04. The Bertz CT molecular complexity index is 473. The third kappa shape index (κ3) is 2.90. The van der Waals surface area contributed by atoms with Crippen molar-refractivity contribution >= 4 is 28.9 Å². The van der Waals surface area contributed by atoms with Gasteiger partial charge in [0.1, 0.15) is 0 Å². The molecule has 0 aliphatic heterocycles. The number of rotatable bonds is 3. The number of nitrogens with zero attached hydrogens (tertiary/aromatic N) is 2. The van der Waals surface area contributed by atoms with Crippen LogP contribution in [0.1, 0.15) is 5.56 Å². The van der Waals surface area contributed by atoms with Crippen LogP contribution in [0.3, 0.4) is 0 Å². The molecule has 2 aromatic rings. The maximum atomic E-state index is 5.91. The van der Waals surface area contributed by atoms with Crippen molar-refractivity contribution in [2.45, 2.75) is 6.54 Å². The first-order chi connectivity index (χ1) is 7.63. The molecule has 0 aliphatic carbocycles. The number of anilines is 1. The highest BCUT2D eigenvalue weighted by Crippen LogP contribution is 2.19. The molecule has 84 valence electrons. The summed E-state index contributed by atoms with van der Waals surface area (Å²) in [5, 5.41) is 8.60. The summed E-state index contributed by atoms with van der Waals surface area (Å²) in [6.45, 7) is 0.673. The van der Waals surface area contributed by atoms with Crippen molar-refractivity contribution in [2.75, 3.05) is 5.32 Å². The van der Waals surface area contributed by atoms with Crippen LogP contribution in [-0.4, -0.2) is 9.78 Å². The van der Waals surface area contributed by atoms with Crippen LogP contribution in [0.2, 0.25) is 10.0 Å². The van der Waals surface area contributed by atoms with E-state index in [9.17, 15) is 0 Å². The van der Waals surface area contributed by atoms with E-state index >= 15 is 0 Å². The fourth-order valence-electron chi connectivity index (χ4n) is 1.43. The first kappa shape index (κ1) is 11.3. The van der Waals surface area contributed by atoms with Gasteiger partial charge in [0.05, 0.1) is 11.9 Å². The van der Waals surface area contributed by atoms with E-state index in [0.29, 0.717) is 16.6 Å². The molecule has 1 N–H and O–H groups in total. The van der Waals surface area contributed by atoms with Gasteiger partial charge in [0.2, 0.25) is 0 Å². The minimum atomic E-state index is 0.649. The molecule has 0 spiro atoms. The van der Waals surface area contributed by atoms with E-state index in [-0.39, 0.29) is 0 Å². The molecular weight excluding hydrogens is 245 g/mol. The average molecular weight is 256 g/mol. The molecule has 0 saturated heterocycles. The molecule has 0 fully saturated rings. The molecule has 0 unspecified atom stereocenters. The van der Waals surface area contributed by atoms with Crippen LogP contribution in [0.4, 0.5) is 5.69 Å². The van der Waals surface area contributed by atoms with Gasteiger partial charge in [0.15, 0.2) is 0 Å². The Morgan fingerprint density at radius 2 is 1.94 bits per heavy atom. The second-order valence-corrected chi connectivity index (χ2v) is 4.41. The van der Waals surface area contributed by atoms with Crippen molar-refractivity contribution < 1.29 is 0 Å². The lowest BCUT2D eigenvalue weighted by Crippen LogP contribution is -1.98. The number of hydrogen-bond acceptors (Lipinski definition) is 2. The molecule has 16 heavy (non-hydrogen) atoms. The highest BCUT2D eigenvalue weighted by molar-refractivity contribution is 6.34. The third-order valence-corrected chi connectivity index (χ3v) is 2.56. The SMILES string of the molecule is Cn1cc(NCc2cc(Cl)cc(Cl)c2)cn1. The van der Waals surface area contributed by atoms with Gasteiger partial charge in [-0.2, -0.15) is 5.10 Å². The Hall–Kier alpha value is -1.19. The van der Waals surface area contributed by atoms with E-state index in [1.165, 1.54) is 0 Å². The molecule has 1 heterocycles. The fourth-order valence-corrected chi connectivity index (χ4v) is 2.00. The van der Waals surface area contributed by atoms with Gasteiger partial charge in [-0.25, -0.2) is 0 Å². The van der Waals surface area contributed by atoms with E-state index in [4.69, 9.17) is 23.2 Å². The highest BCUT2D eigenvalue weighted by atomic mass is 35.5. The third-order valence-electron chi connectivity index (χ3n) is 2.12. The summed E-state index contributed by atoms with van der Waals surface area (Å²) in [5.74, 6) is 0. The van der Waals surface area contributed by atoms with Crippen LogP contribution >= 0.6 is 23.2 Å². The molecule has 3 nitrogen and oxygen atoms in total. The second kappa shape index (κ2) is 4.76. The summed E-state index contributed by atoms with van der Waals surface area (Å²) in [5.41, 5.74) is 2.01. The Kier molecular flexibility index (Phi) is 3.36. The number of benzene rings is 1. The minimum Gasteiger partial charge on any atom is -0.378 e. The Morgan fingerprint density at radius 1 is 1.25 bits per heavy atom. The normalized spacial score (nSPS) is 10.4. The van der Waals surface area contributed by atoms with E-state index in [1.807, 2.05) is 25.4 Å². The Labute approximate surface area is 104 Å². The highest BCUT2D eigenvalue weighted by Gasteiger charge is 1.99. The van der Waals surface area contributed by atoms with Crippen molar-refractivity contribution in [3.05, 3.63) is 46.2 Å². The molecule has 0 amide bonds. The van der Waals surface area contributed by atoms with Crippen LogP contribution in [0.5, 0.6) is 0 Å². The maximum absolute atomic E-state index is 5.91. The molecule has 0 aliphatic rings. The van der Waals surface area contributed by atoms with Crippen molar-refractivity contribution in [2.24, 2.45) is 7.05 Å². The average Bonchev–Trinajstić information content (AvgIpc) is 2.60. The van der Waals surface area contributed by atoms with Gasteiger partial charge in [-0.15, -0.1) is 0 Å². The van der Waals surface area contributed by atoms with Crippen molar-refractivity contribution in [3.8, 4) is 0 Å². The quantitative estimate of drug-likeness (QED) is 0.912. The van der Waals surface area contributed by atoms with Crippen LogP contribution in [0, 0.1) is 0 Å². The largest absolute Gasteiger partial charge is 0.378 e. The van der Waals surface area contributed by atoms with Gasteiger partial charge in [-0.3, -0.25) is 4.68 Å². The van der Waals surface area contributed by atoms with Crippen LogP contribution in [0.15, 0.2) is 30.6 Å². The van der Waals surface area contributed by atoms with Crippen LogP contribution in [-0.2, 0) is 13.6 Å². The number of nitrogens with one attached hydrogen (secondary N) is 1. The molecule has 1 aromatic heterocycles. The molecular formula is C11H11Cl2N3. The molecule has 0 atom stereocenters. The predicted molar refractivity (Wildman–Crippen MR) is 67.0 cm³/mol. The van der Waals surface area contributed by atoms with Gasteiger partial charge in [0, 0.05) is 29.8 Å². The zero-order valence-corrected chi connectivity index (χ0v) is 10.3. The smallest absolute Gasteiger partial charge is 0.0729 e. The summed E-state index contributed by atoms with van der Waals surface area (Å²) in [6.07, 6.45) is 3.68. The van der Waals surface area contributed by atoms with Gasteiger partial charge < -0.3 is 5.32 Å². The number of hydrogen-bond donors (Lipinski definition) is 1. The predicted octanol–water partition coefficient (Wildman–Crippen LogP) is 3.34. The van der Waals surface area contributed by atoms with Crippen molar-refractivity contribution in [1.82, 2.24) is 9.78 Å². The number of aromatic nitrogens is 2. The summed E-state index contributed by atoms with van der Waals surface area (Å²) in [4.78, 5) is 0. The lowest BCUT2D eigenvalue weighted by atomic mass is 10.2. The molecule has 0 bridgehead atoms. The van der Waals surface area contributed by atoms with Gasteiger partial charge >= 0.3 is 0 Å². The van der Waals surface area contributed by atoms with E-state index < -0.39 is 0 Å². The summed E-state index contributed by atoms with van der Waals surface area (Å²) in [6, 6.07) is 5.49. The standard InChI is InChI=1S/C11H11Cl2N3/c1-16-7-11(6-15-16)14-5-8-2-9(12)4-10(13)3-8/h2-4,6-7,14H,5H2,1H3. The molecule has 1 aromatic carbocycles. The van der Waals surface area contributed by atoms with Crippen molar-refractivity contribution in [1.29, 1.82) is 0 Å². The fraction of sp³-hybridized carbons (Fsp3) is 0.182. The zero-order chi connectivity index (χ0) is 11.5. The second-order valence-electron chi connectivity index (χ2n) is 3.53. The van der Waals surface area contributed by atoms with Gasteiger partial charge in [0.25, 0.3) is 0 Å². The molecule has 2 rings (SSSR count). The summed E-state index contributed by atoms with van der Waals surface area (Å²) < 4.78 is 1.74. The number of halogens is 2. The van der Waals surface area contributed by atoms with Gasteiger partial charge in [-0.05, 0) is 23.8 Å². The molecule has 5 heteroatoms. The maximum Gasteiger partial charge on any atom is 0.0729 e. The summed E-state index contributed by atoms with van der Waals surface area (Å²) >= 11 is 11.8. The van der Waals surface area contributed by atoms with Crippen molar-refractivity contribution in [3.63, 3.8) is 0 Å². The van der Waals surface area contributed by atoms with Crippen LogP contribution < -0.4 is 5.32 Å². The molecule has 0 saturated carbocycles. The zero-order valence-electron chi connectivity index (χ0n) is 8.74. The van der Waals surface area contributed by atoms with E-state index in [2.05, 4.69) is 10.4 Å². The van der Waals surface area contributed by atoms with E-state index in [1.54, 1.807) is 16.9 Å². The first-order valence-corrected chi connectivity index (χ1v) is 5.56. The topological polar surface area (TPSA) is 29.9 Å². The lowest BCUT2D eigenvalue weighted by Gasteiger charge is -2.04. The summed E-state index contributed by atoms with van der Waals surface area (Å²) in [7, 11) is 1.88. The first-order valence-electron chi connectivity index (χ1n) is 4.81. The Morgan fingerprint density at radius 3 is 2.50 bits per heavy atom. The minimum absolute atomic E-state index is 0.649. The van der Waals surface area contributed by atoms with E-state index in [0.717, 1.165) is 11.3 Å². The molecule has 0 radical (unpaired) electrons. The monoisotopic (exact) mass is 255 g/mol.